The maximum atomic E-state index is 10.9. The van der Waals surface area contributed by atoms with Crippen LogP contribution in [0.4, 0.5) is 0 Å². The first-order chi connectivity index (χ1) is 10.5. The average Bonchev–Trinajstić information content (AvgIpc) is 2.45. The van der Waals surface area contributed by atoms with Gasteiger partial charge in [-0.25, -0.2) is 0 Å². The minimum absolute atomic E-state index is 0. The monoisotopic (exact) mass is 355 g/mol. The Balaban J connectivity index is 0.00000288. The first kappa shape index (κ1) is 21.3. The molecule has 0 amide bonds. The Morgan fingerprint density at radius 2 is 1.58 bits per heavy atom. The molecule has 0 bridgehead atoms. The van der Waals surface area contributed by atoms with Crippen molar-refractivity contribution in [1.82, 2.24) is 0 Å². The Morgan fingerprint density at radius 3 is 2.04 bits per heavy atom. The van der Waals surface area contributed by atoms with Crippen molar-refractivity contribution in [2.45, 2.75) is 71.3 Å². The third-order valence-corrected chi connectivity index (χ3v) is 4.95. The Bertz CT molecular complexity index is 552. The first-order valence-electron chi connectivity index (χ1n) is 8.73. The molecule has 0 unspecified atom stereocenters. The van der Waals surface area contributed by atoms with Crippen LogP contribution in [0.15, 0.2) is 12.1 Å². The minimum atomic E-state index is -0.137. The minimum Gasteiger partial charge on any atom is -0.507 e. The molecule has 0 aromatic heterocycles. The van der Waals surface area contributed by atoms with Gasteiger partial charge in [0.1, 0.15) is 5.75 Å². The number of benzene rings is 1. The van der Waals surface area contributed by atoms with Crippen molar-refractivity contribution < 1.29 is 9.84 Å². The summed E-state index contributed by atoms with van der Waals surface area (Å²) in [5.41, 5.74) is 9.61. The number of ether oxygens (including phenoxy) is 1. The summed E-state index contributed by atoms with van der Waals surface area (Å²) < 4.78 is 5.45. The summed E-state index contributed by atoms with van der Waals surface area (Å²) in [5.74, 6) is 0.752. The van der Waals surface area contributed by atoms with E-state index in [4.69, 9.17) is 10.5 Å². The number of aromatic hydroxyl groups is 1. The number of hydrogen-bond acceptors (Lipinski definition) is 3. The number of rotatable bonds is 2. The summed E-state index contributed by atoms with van der Waals surface area (Å²) in [5, 5.41) is 10.9. The van der Waals surface area contributed by atoms with Crippen molar-refractivity contribution in [2.75, 3.05) is 13.2 Å². The van der Waals surface area contributed by atoms with E-state index in [1.807, 2.05) is 0 Å². The van der Waals surface area contributed by atoms with Gasteiger partial charge in [-0.1, -0.05) is 47.6 Å². The van der Waals surface area contributed by atoms with E-state index in [9.17, 15) is 5.11 Å². The SMILES string of the molecule is CC(C)(C)c1cc([C@H](N)C2CCOCC2)c(O)c(C(C)(C)C)c1.Cl. The Labute approximate surface area is 153 Å². The van der Waals surface area contributed by atoms with E-state index >= 15 is 0 Å². The normalized spacial score (nSPS) is 18.1. The maximum absolute atomic E-state index is 10.9. The Morgan fingerprint density at radius 1 is 1.04 bits per heavy atom. The van der Waals surface area contributed by atoms with E-state index in [1.165, 1.54) is 5.56 Å². The number of phenolic OH excluding ortho intramolecular Hbond substituents is 1. The number of nitrogens with two attached hydrogens (primary N) is 1. The van der Waals surface area contributed by atoms with Crippen LogP contribution in [0.1, 0.15) is 77.1 Å². The lowest BCUT2D eigenvalue weighted by Gasteiger charge is -2.32. The Kier molecular flexibility index (Phi) is 6.77. The molecule has 0 radical (unpaired) electrons. The van der Waals surface area contributed by atoms with Gasteiger partial charge in [-0.15, -0.1) is 12.4 Å². The van der Waals surface area contributed by atoms with Gasteiger partial charge in [0.05, 0.1) is 0 Å². The molecule has 4 heteroatoms. The lowest BCUT2D eigenvalue weighted by molar-refractivity contribution is 0.0580. The van der Waals surface area contributed by atoms with Crippen LogP contribution in [0.3, 0.4) is 0 Å². The molecule has 2 rings (SSSR count). The number of halogens is 1. The third-order valence-electron chi connectivity index (χ3n) is 4.95. The van der Waals surface area contributed by atoms with Gasteiger partial charge in [0.2, 0.25) is 0 Å². The average molecular weight is 356 g/mol. The van der Waals surface area contributed by atoms with E-state index in [0.29, 0.717) is 11.7 Å². The van der Waals surface area contributed by atoms with Crippen molar-refractivity contribution in [1.29, 1.82) is 0 Å². The summed E-state index contributed by atoms with van der Waals surface area (Å²) in [4.78, 5) is 0. The van der Waals surface area contributed by atoms with Crippen molar-refractivity contribution in [2.24, 2.45) is 11.7 Å². The molecule has 24 heavy (non-hydrogen) atoms. The second-order valence-electron chi connectivity index (χ2n) is 8.94. The van der Waals surface area contributed by atoms with Crippen LogP contribution in [-0.4, -0.2) is 18.3 Å². The van der Waals surface area contributed by atoms with Crippen molar-refractivity contribution in [3.63, 3.8) is 0 Å². The molecule has 138 valence electrons. The number of hydrogen-bond donors (Lipinski definition) is 2. The zero-order valence-electron chi connectivity index (χ0n) is 16.0. The van der Waals surface area contributed by atoms with Crippen LogP contribution in [0.25, 0.3) is 0 Å². The summed E-state index contributed by atoms with van der Waals surface area (Å²) in [7, 11) is 0. The second kappa shape index (κ2) is 7.63. The van der Waals surface area contributed by atoms with Crippen LogP contribution >= 0.6 is 12.4 Å². The fourth-order valence-electron chi connectivity index (χ4n) is 3.24. The molecule has 0 spiro atoms. The fourth-order valence-corrected chi connectivity index (χ4v) is 3.24. The molecule has 1 aromatic rings. The van der Waals surface area contributed by atoms with Crippen molar-refractivity contribution in [3.8, 4) is 5.75 Å². The Hall–Kier alpha value is -0.770. The first-order valence-corrected chi connectivity index (χ1v) is 8.73. The van der Waals surface area contributed by atoms with Gasteiger partial charge in [-0.05, 0) is 46.8 Å². The van der Waals surface area contributed by atoms with Crippen LogP contribution in [-0.2, 0) is 15.6 Å². The molecule has 1 heterocycles. The van der Waals surface area contributed by atoms with Crippen LogP contribution in [0.2, 0.25) is 0 Å². The summed E-state index contributed by atoms with van der Waals surface area (Å²) in [6.45, 7) is 14.6. The molecule has 1 aromatic carbocycles. The van der Waals surface area contributed by atoms with Gasteiger partial charge in [-0.3, -0.25) is 0 Å². The molecular formula is C20H34ClNO2. The van der Waals surface area contributed by atoms with E-state index in [-0.39, 0.29) is 29.3 Å². The summed E-state index contributed by atoms with van der Waals surface area (Å²) in [6, 6.07) is 4.13. The molecule has 1 fully saturated rings. The second-order valence-corrected chi connectivity index (χ2v) is 8.94. The summed E-state index contributed by atoms with van der Waals surface area (Å²) in [6.07, 6.45) is 1.93. The van der Waals surface area contributed by atoms with E-state index in [1.54, 1.807) is 0 Å². The van der Waals surface area contributed by atoms with Gasteiger partial charge in [0, 0.05) is 24.8 Å². The van der Waals surface area contributed by atoms with Gasteiger partial charge in [0.15, 0.2) is 0 Å². The molecule has 1 aliphatic rings. The molecular weight excluding hydrogens is 322 g/mol. The molecule has 0 saturated carbocycles. The lowest BCUT2D eigenvalue weighted by atomic mass is 9.76. The quantitative estimate of drug-likeness (QED) is 0.798. The topological polar surface area (TPSA) is 55.5 Å². The third kappa shape index (κ3) is 4.65. The molecule has 0 aliphatic carbocycles. The summed E-state index contributed by atoms with van der Waals surface area (Å²) >= 11 is 0. The molecule has 1 atom stereocenters. The van der Waals surface area contributed by atoms with E-state index < -0.39 is 0 Å². The smallest absolute Gasteiger partial charge is 0.124 e. The lowest BCUT2D eigenvalue weighted by Crippen LogP contribution is -2.28. The highest BCUT2D eigenvalue weighted by Crippen LogP contribution is 2.42. The predicted octanol–water partition coefficient (Wildman–Crippen LogP) is 4.84. The molecule has 1 aliphatic heterocycles. The highest BCUT2D eigenvalue weighted by Gasteiger charge is 2.30. The molecule has 1 saturated heterocycles. The standard InChI is InChI=1S/C20H33NO2.ClH/c1-19(2,3)14-11-15(17(21)13-7-9-23-10-8-13)18(22)16(12-14)20(4,5)6;/h11-13,17,22H,7-10,21H2,1-6H3;1H/t17-;/m1./s1. The van der Waals surface area contributed by atoms with Gasteiger partial charge < -0.3 is 15.6 Å². The van der Waals surface area contributed by atoms with Crippen molar-refractivity contribution in [3.05, 3.63) is 28.8 Å². The largest absolute Gasteiger partial charge is 0.507 e. The highest BCUT2D eigenvalue weighted by molar-refractivity contribution is 5.85. The predicted molar refractivity (Wildman–Crippen MR) is 103 cm³/mol. The van der Waals surface area contributed by atoms with Gasteiger partial charge >= 0.3 is 0 Å². The van der Waals surface area contributed by atoms with E-state index in [0.717, 1.165) is 37.2 Å². The zero-order valence-corrected chi connectivity index (χ0v) is 16.8. The molecule has 3 N–H and O–H groups in total. The van der Waals surface area contributed by atoms with Gasteiger partial charge in [-0.2, -0.15) is 0 Å². The maximum Gasteiger partial charge on any atom is 0.124 e. The van der Waals surface area contributed by atoms with Crippen LogP contribution < -0.4 is 5.73 Å². The van der Waals surface area contributed by atoms with E-state index in [2.05, 4.69) is 53.7 Å². The number of phenols is 1. The zero-order chi connectivity index (χ0) is 17.4. The van der Waals surface area contributed by atoms with Crippen LogP contribution in [0, 0.1) is 5.92 Å². The highest BCUT2D eigenvalue weighted by atomic mass is 35.5. The van der Waals surface area contributed by atoms with Gasteiger partial charge in [0.25, 0.3) is 0 Å². The fraction of sp³-hybridized carbons (Fsp3) is 0.700. The van der Waals surface area contributed by atoms with Crippen molar-refractivity contribution >= 4 is 12.4 Å². The molecule has 3 nitrogen and oxygen atoms in total. The van der Waals surface area contributed by atoms with Crippen LogP contribution in [0.5, 0.6) is 5.75 Å².